The number of hydrogen-bond acceptors (Lipinski definition) is 2. The molecule has 0 spiro atoms. The van der Waals surface area contributed by atoms with E-state index in [1.54, 1.807) is 12.3 Å². The summed E-state index contributed by atoms with van der Waals surface area (Å²) in [7, 11) is 0. The number of aryl methyl sites for hydroxylation is 1. The van der Waals surface area contributed by atoms with Gasteiger partial charge < -0.3 is 9.88 Å². The maximum Gasteiger partial charge on any atom is 0.267 e. The molecule has 1 amide bonds. The van der Waals surface area contributed by atoms with Gasteiger partial charge in [-0.25, -0.2) is 0 Å². The summed E-state index contributed by atoms with van der Waals surface area (Å²) in [6.45, 7) is 8.33. The highest BCUT2D eigenvalue weighted by molar-refractivity contribution is 5.99. The van der Waals surface area contributed by atoms with Crippen molar-refractivity contribution in [3.8, 4) is 0 Å². The predicted molar refractivity (Wildman–Crippen MR) is 71.9 cm³/mol. The first kappa shape index (κ1) is 14.2. The fourth-order valence-electron chi connectivity index (χ4n) is 1.74. The number of aromatic nitrogens is 1. The van der Waals surface area contributed by atoms with Crippen LogP contribution in [0.15, 0.2) is 24.9 Å². The van der Waals surface area contributed by atoms with E-state index in [4.69, 9.17) is 0 Å². The molecule has 0 radical (unpaired) electrons. The van der Waals surface area contributed by atoms with Gasteiger partial charge in [0, 0.05) is 24.8 Å². The Morgan fingerprint density at radius 1 is 1.50 bits per heavy atom. The van der Waals surface area contributed by atoms with E-state index < -0.39 is 0 Å². The van der Waals surface area contributed by atoms with E-state index in [0.717, 1.165) is 12.8 Å². The van der Waals surface area contributed by atoms with Gasteiger partial charge in [-0.3, -0.25) is 9.59 Å². The Kier molecular flexibility index (Phi) is 5.36. The van der Waals surface area contributed by atoms with Crippen LogP contribution < -0.4 is 5.32 Å². The van der Waals surface area contributed by atoms with Crippen molar-refractivity contribution >= 4 is 11.7 Å². The number of rotatable bonds is 7. The van der Waals surface area contributed by atoms with E-state index in [1.807, 2.05) is 17.6 Å². The molecule has 0 aliphatic heterocycles. The number of ketones is 1. The molecule has 1 N–H and O–H groups in total. The number of allylic oxidation sites excluding steroid dienone is 1. The summed E-state index contributed by atoms with van der Waals surface area (Å²) >= 11 is 0. The third-order valence-corrected chi connectivity index (χ3v) is 2.68. The number of amides is 1. The second kappa shape index (κ2) is 6.79. The quantitative estimate of drug-likeness (QED) is 0.457. The molecule has 4 heteroatoms. The standard InChI is InChI=1S/C14H20N2O2/c1-4-6-7-8-16-10-12(11(3)17)9-13(16)14(18)15-5-2/h4,9-10H,1,5-8H2,2-3H3,(H,15,18). The predicted octanol–water partition coefficient (Wildman–Crippen LogP) is 2.41. The van der Waals surface area contributed by atoms with Gasteiger partial charge in [0.2, 0.25) is 0 Å². The van der Waals surface area contributed by atoms with Crippen molar-refractivity contribution in [2.75, 3.05) is 6.54 Å². The van der Waals surface area contributed by atoms with E-state index in [2.05, 4.69) is 11.9 Å². The van der Waals surface area contributed by atoms with Crippen LogP contribution in [0, 0.1) is 0 Å². The number of nitrogens with one attached hydrogen (secondary N) is 1. The van der Waals surface area contributed by atoms with Crippen molar-refractivity contribution in [1.29, 1.82) is 0 Å². The van der Waals surface area contributed by atoms with Gasteiger partial charge in [-0.15, -0.1) is 6.58 Å². The maximum atomic E-state index is 11.9. The molecule has 0 bridgehead atoms. The van der Waals surface area contributed by atoms with Crippen molar-refractivity contribution in [1.82, 2.24) is 9.88 Å². The molecular formula is C14H20N2O2. The fourth-order valence-corrected chi connectivity index (χ4v) is 1.74. The number of hydrogen-bond donors (Lipinski definition) is 1. The van der Waals surface area contributed by atoms with Gasteiger partial charge >= 0.3 is 0 Å². The monoisotopic (exact) mass is 248 g/mol. The van der Waals surface area contributed by atoms with Crippen LogP contribution >= 0.6 is 0 Å². The van der Waals surface area contributed by atoms with Crippen molar-refractivity contribution in [3.05, 3.63) is 36.2 Å². The van der Waals surface area contributed by atoms with E-state index in [0.29, 0.717) is 24.3 Å². The smallest absolute Gasteiger partial charge is 0.267 e. The topological polar surface area (TPSA) is 51.1 Å². The van der Waals surface area contributed by atoms with Crippen LogP contribution in [0.3, 0.4) is 0 Å². The van der Waals surface area contributed by atoms with Gasteiger partial charge in [-0.1, -0.05) is 6.08 Å². The van der Waals surface area contributed by atoms with Gasteiger partial charge in [0.05, 0.1) is 0 Å². The molecule has 0 atom stereocenters. The van der Waals surface area contributed by atoms with E-state index >= 15 is 0 Å². The Labute approximate surface area is 108 Å². The lowest BCUT2D eigenvalue weighted by molar-refractivity contribution is 0.0946. The van der Waals surface area contributed by atoms with Crippen LogP contribution in [0.4, 0.5) is 0 Å². The Balaban J connectivity index is 2.93. The second-order valence-corrected chi connectivity index (χ2v) is 4.15. The van der Waals surface area contributed by atoms with Crippen molar-refractivity contribution in [3.63, 3.8) is 0 Å². The summed E-state index contributed by atoms with van der Waals surface area (Å²) in [5.74, 6) is -0.161. The molecule has 0 aromatic carbocycles. The Morgan fingerprint density at radius 2 is 2.22 bits per heavy atom. The van der Waals surface area contributed by atoms with Crippen molar-refractivity contribution in [2.24, 2.45) is 0 Å². The summed E-state index contributed by atoms with van der Waals surface area (Å²) in [6, 6.07) is 1.65. The minimum atomic E-state index is -0.136. The molecule has 0 saturated heterocycles. The molecular weight excluding hydrogens is 228 g/mol. The average Bonchev–Trinajstić information content (AvgIpc) is 2.74. The minimum Gasteiger partial charge on any atom is -0.351 e. The summed E-state index contributed by atoms with van der Waals surface area (Å²) in [4.78, 5) is 23.2. The summed E-state index contributed by atoms with van der Waals surface area (Å²) in [5.41, 5.74) is 1.13. The molecule has 98 valence electrons. The lowest BCUT2D eigenvalue weighted by Crippen LogP contribution is -2.25. The molecule has 0 unspecified atom stereocenters. The first-order chi connectivity index (χ1) is 8.60. The van der Waals surface area contributed by atoms with Crippen LogP contribution in [0.25, 0.3) is 0 Å². The van der Waals surface area contributed by atoms with Gasteiger partial charge in [0.15, 0.2) is 5.78 Å². The first-order valence-electron chi connectivity index (χ1n) is 6.20. The van der Waals surface area contributed by atoms with E-state index in [1.165, 1.54) is 6.92 Å². The Bertz CT molecular complexity index is 447. The highest BCUT2D eigenvalue weighted by atomic mass is 16.2. The molecule has 1 aromatic heterocycles. The average molecular weight is 248 g/mol. The summed E-state index contributed by atoms with van der Waals surface area (Å²) in [6.07, 6.45) is 5.39. The molecule has 1 heterocycles. The lowest BCUT2D eigenvalue weighted by atomic mass is 10.2. The zero-order chi connectivity index (χ0) is 13.5. The highest BCUT2D eigenvalue weighted by Crippen LogP contribution is 2.11. The molecule has 18 heavy (non-hydrogen) atoms. The van der Waals surface area contributed by atoms with E-state index in [9.17, 15) is 9.59 Å². The molecule has 1 aromatic rings. The van der Waals surface area contributed by atoms with Crippen LogP contribution in [0.2, 0.25) is 0 Å². The van der Waals surface area contributed by atoms with Crippen LogP contribution in [0.5, 0.6) is 0 Å². The number of carbonyl (C=O) groups is 2. The number of Topliss-reactive ketones (excluding diaryl/α,β-unsaturated/α-hetero) is 1. The van der Waals surface area contributed by atoms with Gasteiger partial charge in [0.25, 0.3) is 5.91 Å². The van der Waals surface area contributed by atoms with Crippen LogP contribution in [-0.2, 0) is 6.54 Å². The number of nitrogens with zero attached hydrogens (tertiary/aromatic N) is 1. The molecule has 4 nitrogen and oxygen atoms in total. The normalized spacial score (nSPS) is 10.1. The zero-order valence-electron chi connectivity index (χ0n) is 11.0. The first-order valence-corrected chi connectivity index (χ1v) is 6.20. The Hall–Kier alpha value is -1.84. The molecule has 0 aliphatic carbocycles. The highest BCUT2D eigenvalue weighted by Gasteiger charge is 2.14. The lowest BCUT2D eigenvalue weighted by Gasteiger charge is -2.07. The largest absolute Gasteiger partial charge is 0.351 e. The number of unbranched alkanes of at least 4 members (excludes halogenated alkanes) is 1. The number of carbonyl (C=O) groups excluding carboxylic acids is 2. The summed E-state index contributed by atoms with van der Waals surface area (Å²) < 4.78 is 1.84. The SMILES string of the molecule is C=CCCCn1cc(C(C)=O)cc1C(=O)NCC. The molecule has 0 aliphatic rings. The molecule has 0 saturated carbocycles. The zero-order valence-corrected chi connectivity index (χ0v) is 11.0. The van der Waals surface area contributed by atoms with Gasteiger partial charge in [-0.2, -0.15) is 0 Å². The minimum absolute atomic E-state index is 0.0250. The van der Waals surface area contributed by atoms with E-state index in [-0.39, 0.29) is 11.7 Å². The Morgan fingerprint density at radius 3 is 2.78 bits per heavy atom. The van der Waals surface area contributed by atoms with Gasteiger partial charge in [-0.05, 0) is 32.8 Å². The maximum absolute atomic E-state index is 11.9. The fraction of sp³-hybridized carbons (Fsp3) is 0.429. The molecule has 1 rings (SSSR count). The van der Waals surface area contributed by atoms with Crippen LogP contribution in [0.1, 0.15) is 47.5 Å². The third-order valence-electron chi connectivity index (χ3n) is 2.68. The third kappa shape index (κ3) is 3.58. The van der Waals surface area contributed by atoms with Crippen molar-refractivity contribution in [2.45, 2.75) is 33.2 Å². The van der Waals surface area contributed by atoms with Crippen molar-refractivity contribution < 1.29 is 9.59 Å². The molecule has 0 fully saturated rings. The van der Waals surface area contributed by atoms with Crippen LogP contribution in [-0.4, -0.2) is 22.8 Å². The summed E-state index contributed by atoms with van der Waals surface area (Å²) in [5, 5.41) is 2.75. The van der Waals surface area contributed by atoms with Gasteiger partial charge in [0.1, 0.15) is 5.69 Å². The second-order valence-electron chi connectivity index (χ2n) is 4.15.